The van der Waals surface area contributed by atoms with Crippen LogP contribution in [-0.4, -0.2) is 28.5 Å². The summed E-state index contributed by atoms with van der Waals surface area (Å²) in [6.45, 7) is 0.400. The van der Waals surface area contributed by atoms with Gasteiger partial charge in [0.25, 0.3) is 5.91 Å². The molecule has 0 saturated carbocycles. The van der Waals surface area contributed by atoms with Gasteiger partial charge in [0.2, 0.25) is 0 Å². The zero-order chi connectivity index (χ0) is 15.5. The summed E-state index contributed by atoms with van der Waals surface area (Å²) in [4.78, 5) is 28.9. The zero-order valence-corrected chi connectivity index (χ0v) is 11.6. The number of fused-ring (bicyclic) bond motifs is 1. The number of carbonyl (C=O) groups excluding carboxylic acids is 1. The van der Waals surface area contributed by atoms with E-state index in [1.54, 1.807) is 6.20 Å². The molecular formula is C15H14FN3O3. The van der Waals surface area contributed by atoms with Gasteiger partial charge >= 0.3 is 5.69 Å². The highest BCUT2D eigenvalue weighted by atomic mass is 19.1. The van der Waals surface area contributed by atoms with Gasteiger partial charge in [-0.25, -0.2) is 14.2 Å². The van der Waals surface area contributed by atoms with Crippen molar-refractivity contribution in [2.75, 3.05) is 6.54 Å². The van der Waals surface area contributed by atoms with Crippen molar-refractivity contribution >= 4 is 5.91 Å². The van der Waals surface area contributed by atoms with E-state index in [0.717, 1.165) is 5.56 Å². The molecule has 7 heteroatoms. The Morgan fingerprint density at radius 1 is 1.50 bits per heavy atom. The summed E-state index contributed by atoms with van der Waals surface area (Å²) in [5, 5.41) is 2.76. The van der Waals surface area contributed by atoms with Crippen LogP contribution in [0.5, 0.6) is 5.75 Å². The Balaban J connectivity index is 1.51. The van der Waals surface area contributed by atoms with E-state index in [2.05, 4.69) is 15.3 Å². The standard InChI is InChI=1S/C15H14FN3O3/c16-11-1-2-12-10(5-11)6-13(22-12)14(20)17-4-3-9-7-18-15(21)19-8-9/h1-2,5,7-8,13H,3-4,6H2,(H,17,20)(H,18,19,21)/t13-/m0/s1. The van der Waals surface area contributed by atoms with E-state index in [-0.39, 0.29) is 11.7 Å². The maximum absolute atomic E-state index is 13.1. The van der Waals surface area contributed by atoms with E-state index in [1.165, 1.54) is 24.4 Å². The minimum absolute atomic E-state index is 0.242. The van der Waals surface area contributed by atoms with Crippen molar-refractivity contribution in [2.45, 2.75) is 18.9 Å². The molecule has 3 rings (SSSR count). The van der Waals surface area contributed by atoms with Gasteiger partial charge in [0, 0.05) is 30.9 Å². The first-order valence-electron chi connectivity index (χ1n) is 6.88. The number of halogens is 1. The first kappa shape index (κ1) is 14.2. The lowest BCUT2D eigenvalue weighted by Crippen LogP contribution is -2.38. The van der Waals surface area contributed by atoms with Crippen LogP contribution < -0.4 is 15.7 Å². The van der Waals surface area contributed by atoms with E-state index in [0.29, 0.717) is 30.7 Å². The largest absolute Gasteiger partial charge is 0.480 e. The van der Waals surface area contributed by atoms with Crippen LogP contribution in [0, 0.1) is 5.82 Å². The smallest absolute Gasteiger partial charge is 0.344 e. The summed E-state index contributed by atoms with van der Waals surface area (Å²) in [5.74, 6) is -0.0330. The predicted molar refractivity (Wildman–Crippen MR) is 76.1 cm³/mol. The predicted octanol–water partition coefficient (Wildman–Crippen LogP) is 0.571. The number of nitrogens with zero attached hydrogens (tertiary/aromatic N) is 1. The fourth-order valence-corrected chi connectivity index (χ4v) is 2.31. The molecule has 2 heterocycles. The van der Waals surface area contributed by atoms with Crippen LogP contribution in [0.3, 0.4) is 0 Å². The number of carbonyl (C=O) groups is 1. The van der Waals surface area contributed by atoms with Crippen molar-refractivity contribution in [1.82, 2.24) is 15.3 Å². The van der Waals surface area contributed by atoms with Gasteiger partial charge in [-0.2, -0.15) is 0 Å². The molecule has 0 unspecified atom stereocenters. The van der Waals surface area contributed by atoms with Crippen LogP contribution in [0.25, 0.3) is 0 Å². The number of ether oxygens (including phenoxy) is 1. The van der Waals surface area contributed by atoms with Gasteiger partial charge in [-0.05, 0) is 30.2 Å². The van der Waals surface area contributed by atoms with Crippen LogP contribution in [0.2, 0.25) is 0 Å². The second-order valence-electron chi connectivity index (χ2n) is 5.03. The van der Waals surface area contributed by atoms with Crippen molar-refractivity contribution in [3.05, 3.63) is 58.0 Å². The Bertz CT molecular complexity index is 739. The summed E-state index contributed by atoms with van der Waals surface area (Å²) < 4.78 is 18.6. The molecule has 22 heavy (non-hydrogen) atoms. The minimum Gasteiger partial charge on any atom is -0.480 e. The van der Waals surface area contributed by atoms with Gasteiger partial charge < -0.3 is 15.0 Å². The molecule has 0 fully saturated rings. The number of benzene rings is 1. The summed E-state index contributed by atoms with van der Waals surface area (Å²) in [5.41, 5.74) is 1.11. The zero-order valence-electron chi connectivity index (χ0n) is 11.6. The fourth-order valence-electron chi connectivity index (χ4n) is 2.31. The molecule has 1 aromatic carbocycles. The summed E-state index contributed by atoms with van der Waals surface area (Å²) >= 11 is 0. The van der Waals surface area contributed by atoms with E-state index < -0.39 is 11.8 Å². The molecule has 0 aliphatic carbocycles. The van der Waals surface area contributed by atoms with Gasteiger partial charge in [-0.15, -0.1) is 0 Å². The molecule has 114 valence electrons. The maximum Gasteiger partial charge on any atom is 0.344 e. The Hall–Kier alpha value is -2.70. The lowest BCUT2D eigenvalue weighted by atomic mass is 10.1. The average molecular weight is 303 g/mol. The highest BCUT2D eigenvalue weighted by Gasteiger charge is 2.29. The number of hydrogen-bond donors (Lipinski definition) is 2. The first-order chi connectivity index (χ1) is 10.6. The Labute approximate surface area is 125 Å². The lowest BCUT2D eigenvalue weighted by molar-refractivity contribution is -0.127. The highest BCUT2D eigenvalue weighted by molar-refractivity contribution is 5.82. The van der Waals surface area contributed by atoms with Crippen molar-refractivity contribution in [3.8, 4) is 5.75 Å². The molecule has 1 atom stereocenters. The van der Waals surface area contributed by atoms with Crippen LogP contribution in [0.15, 0.2) is 35.4 Å². The van der Waals surface area contributed by atoms with Crippen LogP contribution in [-0.2, 0) is 17.6 Å². The van der Waals surface area contributed by atoms with E-state index in [1.807, 2.05) is 0 Å². The minimum atomic E-state index is -0.634. The van der Waals surface area contributed by atoms with Crippen molar-refractivity contribution < 1.29 is 13.9 Å². The monoisotopic (exact) mass is 303 g/mol. The van der Waals surface area contributed by atoms with E-state index in [9.17, 15) is 14.0 Å². The first-order valence-corrected chi connectivity index (χ1v) is 6.88. The Morgan fingerprint density at radius 3 is 3.14 bits per heavy atom. The molecule has 2 N–H and O–H groups in total. The SMILES string of the molecule is O=C(NCCc1cnc(=O)[nH]c1)[C@@H]1Cc2cc(F)ccc2O1. The molecule has 1 amide bonds. The van der Waals surface area contributed by atoms with E-state index in [4.69, 9.17) is 4.74 Å². The molecule has 1 aliphatic rings. The number of H-pyrrole nitrogens is 1. The quantitative estimate of drug-likeness (QED) is 0.865. The second kappa shape index (κ2) is 5.97. The van der Waals surface area contributed by atoms with Crippen molar-refractivity contribution in [1.29, 1.82) is 0 Å². The lowest BCUT2D eigenvalue weighted by Gasteiger charge is -2.11. The number of hydrogen-bond acceptors (Lipinski definition) is 4. The Morgan fingerprint density at radius 2 is 2.36 bits per heavy atom. The molecule has 0 bridgehead atoms. The number of amides is 1. The number of nitrogens with one attached hydrogen (secondary N) is 2. The fraction of sp³-hybridized carbons (Fsp3) is 0.267. The topological polar surface area (TPSA) is 84.1 Å². The number of rotatable bonds is 4. The van der Waals surface area contributed by atoms with Gasteiger partial charge in [0.1, 0.15) is 11.6 Å². The number of aromatic nitrogens is 2. The third-order valence-electron chi connectivity index (χ3n) is 3.43. The van der Waals surface area contributed by atoms with Crippen molar-refractivity contribution in [2.24, 2.45) is 0 Å². The molecule has 2 aromatic rings. The van der Waals surface area contributed by atoms with Gasteiger partial charge in [0.15, 0.2) is 6.10 Å². The van der Waals surface area contributed by atoms with Crippen LogP contribution in [0.4, 0.5) is 4.39 Å². The average Bonchev–Trinajstić information content (AvgIpc) is 2.92. The highest BCUT2D eigenvalue weighted by Crippen LogP contribution is 2.29. The molecule has 0 radical (unpaired) electrons. The second-order valence-corrected chi connectivity index (χ2v) is 5.03. The third kappa shape index (κ3) is 3.13. The molecule has 1 aliphatic heterocycles. The maximum atomic E-state index is 13.1. The Kier molecular flexibility index (Phi) is 3.86. The molecule has 0 spiro atoms. The van der Waals surface area contributed by atoms with Crippen LogP contribution in [0.1, 0.15) is 11.1 Å². The van der Waals surface area contributed by atoms with Crippen LogP contribution >= 0.6 is 0 Å². The normalized spacial score (nSPS) is 16.0. The summed E-state index contributed by atoms with van der Waals surface area (Å²) in [6.07, 6.45) is 3.30. The number of aromatic amines is 1. The third-order valence-corrected chi connectivity index (χ3v) is 3.43. The van der Waals surface area contributed by atoms with Gasteiger partial charge in [-0.3, -0.25) is 4.79 Å². The van der Waals surface area contributed by atoms with Gasteiger partial charge in [-0.1, -0.05) is 0 Å². The molecule has 1 aromatic heterocycles. The van der Waals surface area contributed by atoms with Gasteiger partial charge in [0.05, 0.1) is 0 Å². The van der Waals surface area contributed by atoms with Crippen molar-refractivity contribution in [3.63, 3.8) is 0 Å². The molecule has 0 saturated heterocycles. The summed E-state index contributed by atoms with van der Waals surface area (Å²) in [7, 11) is 0. The van der Waals surface area contributed by atoms with E-state index >= 15 is 0 Å². The molecule has 6 nitrogen and oxygen atoms in total. The summed E-state index contributed by atoms with van der Waals surface area (Å²) in [6, 6.07) is 4.22. The molecular weight excluding hydrogens is 289 g/mol.